The smallest absolute Gasteiger partial charge is 0.220 e. The van der Waals surface area contributed by atoms with E-state index in [2.05, 4.69) is 55.6 Å². The average Bonchev–Trinajstić information content (AvgIpc) is 3.70. The van der Waals surface area contributed by atoms with E-state index in [0.717, 1.165) is 44.9 Å². The molecule has 1 saturated heterocycles. The van der Waals surface area contributed by atoms with Gasteiger partial charge in [0.05, 0.1) is 25.4 Å². The minimum Gasteiger partial charge on any atom is -0.394 e. The van der Waals surface area contributed by atoms with Gasteiger partial charge in [0, 0.05) is 6.42 Å². The van der Waals surface area contributed by atoms with Gasteiger partial charge in [-0.25, -0.2) is 0 Å². The van der Waals surface area contributed by atoms with Gasteiger partial charge in [0.2, 0.25) is 5.91 Å². The third-order valence-electron chi connectivity index (χ3n) is 17.6. The van der Waals surface area contributed by atoms with Gasteiger partial charge in [-0.1, -0.05) is 345 Å². The molecule has 1 heterocycles. The van der Waals surface area contributed by atoms with E-state index >= 15 is 0 Å². The summed E-state index contributed by atoms with van der Waals surface area (Å²) in [5, 5.41) is 54.8. The van der Waals surface area contributed by atoms with Gasteiger partial charge in [-0.2, -0.15) is 0 Å². The van der Waals surface area contributed by atoms with Crippen LogP contribution in [0.15, 0.2) is 48.6 Å². The van der Waals surface area contributed by atoms with Crippen LogP contribution in [0.5, 0.6) is 0 Å². The molecule has 1 aliphatic rings. The van der Waals surface area contributed by atoms with Crippen molar-refractivity contribution in [3.8, 4) is 0 Å². The number of nitrogens with one attached hydrogen (secondary N) is 1. The lowest BCUT2D eigenvalue weighted by Gasteiger charge is -2.40. The van der Waals surface area contributed by atoms with Gasteiger partial charge in [0.15, 0.2) is 6.29 Å². The van der Waals surface area contributed by atoms with Crippen LogP contribution >= 0.6 is 0 Å². The van der Waals surface area contributed by atoms with Crippen molar-refractivity contribution in [2.75, 3.05) is 13.2 Å². The number of carbonyl (C=O) groups is 1. The Kier molecular flexibility index (Phi) is 61.2. The van der Waals surface area contributed by atoms with Gasteiger partial charge in [-0.15, -0.1) is 0 Å². The Bertz CT molecular complexity index is 1470. The first kappa shape index (κ1) is 80.2. The fraction of sp³-hybridized carbons (Fsp3) is 0.880. The summed E-state index contributed by atoms with van der Waals surface area (Å²) < 4.78 is 11.3. The monoisotopic (exact) mass is 1180 g/mol. The van der Waals surface area contributed by atoms with E-state index in [0.29, 0.717) is 6.42 Å². The van der Waals surface area contributed by atoms with Crippen molar-refractivity contribution in [3.05, 3.63) is 48.6 Å². The minimum absolute atomic E-state index is 0.180. The summed E-state index contributed by atoms with van der Waals surface area (Å²) in [5.74, 6) is -0.180. The number of aliphatic hydroxyl groups excluding tert-OH is 5. The molecular formula is C75H141NO8. The molecule has 0 radical (unpaired) electrons. The maximum atomic E-state index is 13.1. The molecule has 494 valence electrons. The first-order valence-corrected chi connectivity index (χ1v) is 36.9. The first-order chi connectivity index (χ1) is 41.3. The maximum absolute atomic E-state index is 13.1. The Labute approximate surface area is 520 Å². The van der Waals surface area contributed by atoms with E-state index in [-0.39, 0.29) is 12.5 Å². The fourth-order valence-electron chi connectivity index (χ4n) is 11.9. The molecule has 9 nitrogen and oxygen atoms in total. The zero-order valence-corrected chi connectivity index (χ0v) is 55.4. The number of carbonyl (C=O) groups excluding carboxylic acids is 1. The van der Waals surface area contributed by atoms with E-state index in [1.54, 1.807) is 6.08 Å². The molecule has 0 saturated carbocycles. The van der Waals surface area contributed by atoms with Crippen LogP contribution in [0.3, 0.4) is 0 Å². The second kappa shape index (κ2) is 64.1. The summed E-state index contributed by atoms with van der Waals surface area (Å²) in [6, 6.07) is -0.823. The van der Waals surface area contributed by atoms with E-state index in [4.69, 9.17) is 9.47 Å². The molecule has 0 aromatic heterocycles. The lowest BCUT2D eigenvalue weighted by molar-refractivity contribution is -0.302. The SMILES string of the molecule is CCCCCCC/C=C\C/C=C\CCCCCCCCCCCCCCCCCCCCCCCC(=O)NC(COC1OC(CO)C(O)C(O)C1O)C(O)/C=C/CC/C=C/CCCCCCCCCCCCCCCCCCCCCCCC. The number of rotatable bonds is 65. The normalized spacial score (nSPS) is 18.4. The summed E-state index contributed by atoms with van der Waals surface area (Å²) in [7, 11) is 0. The van der Waals surface area contributed by atoms with Gasteiger partial charge in [0.1, 0.15) is 24.4 Å². The Morgan fingerprint density at radius 2 is 0.714 bits per heavy atom. The molecule has 1 rings (SSSR count). The summed E-state index contributed by atoms with van der Waals surface area (Å²) >= 11 is 0. The van der Waals surface area contributed by atoms with Crippen LogP contribution in [0.1, 0.15) is 367 Å². The van der Waals surface area contributed by atoms with Gasteiger partial charge >= 0.3 is 0 Å². The molecule has 0 bridgehead atoms. The van der Waals surface area contributed by atoms with Gasteiger partial charge in [0.25, 0.3) is 0 Å². The Morgan fingerprint density at radius 3 is 1.07 bits per heavy atom. The highest BCUT2D eigenvalue weighted by molar-refractivity contribution is 5.76. The van der Waals surface area contributed by atoms with Crippen LogP contribution < -0.4 is 5.32 Å². The van der Waals surface area contributed by atoms with Crippen molar-refractivity contribution in [2.45, 2.75) is 410 Å². The zero-order chi connectivity index (χ0) is 60.7. The van der Waals surface area contributed by atoms with Gasteiger partial charge in [-0.05, 0) is 64.2 Å². The molecule has 6 N–H and O–H groups in total. The zero-order valence-electron chi connectivity index (χ0n) is 55.4. The molecule has 0 aliphatic carbocycles. The fourth-order valence-corrected chi connectivity index (χ4v) is 11.9. The van der Waals surface area contributed by atoms with Gasteiger partial charge < -0.3 is 40.3 Å². The highest BCUT2D eigenvalue weighted by Gasteiger charge is 2.44. The number of hydrogen-bond donors (Lipinski definition) is 6. The highest BCUT2D eigenvalue weighted by atomic mass is 16.7. The topological polar surface area (TPSA) is 149 Å². The molecule has 0 aromatic carbocycles. The minimum atomic E-state index is -1.57. The van der Waals surface area contributed by atoms with E-state index in [1.807, 2.05) is 6.08 Å². The number of allylic oxidation sites excluding steroid dienone is 7. The third-order valence-corrected chi connectivity index (χ3v) is 17.6. The van der Waals surface area contributed by atoms with E-state index in [9.17, 15) is 30.3 Å². The summed E-state index contributed by atoms with van der Waals surface area (Å²) in [6.07, 6.45) is 80.9. The third kappa shape index (κ3) is 52.1. The maximum Gasteiger partial charge on any atom is 0.220 e. The largest absolute Gasteiger partial charge is 0.394 e. The van der Waals surface area contributed by atoms with Crippen LogP contribution in [0.25, 0.3) is 0 Å². The van der Waals surface area contributed by atoms with Gasteiger partial charge in [-0.3, -0.25) is 4.79 Å². The number of hydrogen-bond acceptors (Lipinski definition) is 8. The molecule has 0 spiro atoms. The predicted molar refractivity (Wildman–Crippen MR) is 359 cm³/mol. The molecular weight excluding hydrogens is 1040 g/mol. The standard InChI is InChI=1S/C75H141NO8/c1-3-5-7-9-11-13-15-17-19-21-23-25-27-29-31-33-34-35-36-37-39-41-43-45-47-49-51-53-55-57-59-61-63-65-71(79)76-68(67-83-75-74(82)73(81)72(80)70(66-77)84-75)69(78)64-62-60-58-56-54-52-50-48-46-44-42-40-38-32-30-28-26-24-22-20-18-16-14-12-10-8-6-4-2/h15,17,21,23,54,56,62,64,68-70,72-75,77-78,80-82H,3-14,16,18-20,22,24-53,55,57-61,63,65-67H2,1-2H3,(H,76,79)/b17-15-,23-21-,56-54+,64-62+. The van der Waals surface area contributed by atoms with Crippen LogP contribution in [0, 0.1) is 0 Å². The molecule has 1 aliphatic heterocycles. The second-order valence-electron chi connectivity index (χ2n) is 25.7. The first-order valence-electron chi connectivity index (χ1n) is 36.9. The second-order valence-corrected chi connectivity index (χ2v) is 25.7. The van der Waals surface area contributed by atoms with Crippen LogP contribution in [0.2, 0.25) is 0 Å². The molecule has 1 amide bonds. The van der Waals surface area contributed by atoms with Crippen LogP contribution in [-0.2, 0) is 14.3 Å². The number of unbranched alkanes of at least 4 members (excludes halogenated alkanes) is 49. The summed E-state index contributed by atoms with van der Waals surface area (Å²) in [4.78, 5) is 13.1. The lowest BCUT2D eigenvalue weighted by Crippen LogP contribution is -2.60. The van der Waals surface area contributed by atoms with Crippen molar-refractivity contribution in [1.82, 2.24) is 5.32 Å². The van der Waals surface area contributed by atoms with Crippen molar-refractivity contribution >= 4 is 5.91 Å². The summed E-state index contributed by atoms with van der Waals surface area (Å²) in [6.45, 7) is 3.81. The predicted octanol–water partition coefficient (Wildman–Crippen LogP) is 20.4. The van der Waals surface area contributed by atoms with E-state index in [1.165, 1.54) is 302 Å². The quantitative estimate of drug-likeness (QED) is 0.0261. The van der Waals surface area contributed by atoms with Crippen molar-refractivity contribution in [3.63, 3.8) is 0 Å². The molecule has 7 unspecified atom stereocenters. The van der Waals surface area contributed by atoms with Crippen LogP contribution in [-0.4, -0.2) is 87.5 Å². The Morgan fingerprint density at radius 1 is 0.405 bits per heavy atom. The average molecular weight is 1180 g/mol. The molecule has 1 fully saturated rings. The number of amides is 1. The number of aliphatic hydroxyl groups is 5. The van der Waals surface area contributed by atoms with Crippen molar-refractivity contribution in [2.24, 2.45) is 0 Å². The highest BCUT2D eigenvalue weighted by Crippen LogP contribution is 2.23. The van der Waals surface area contributed by atoms with Crippen molar-refractivity contribution in [1.29, 1.82) is 0 Å². The Hall–Kier alpha value is -1.85. The molecule has 84 heavy (non-hydrogen) atoms. The molecule has 7 atom stereocenters. The van der Waals surface area contributed by atoms with Crippen molar-refractivity contribution < 1.29 is 39.8 Å². The van der Waals surface area contributed by atoms with E-state index < -0.39 is 49.5 Å². The Balaban J connectivity index is 2.12. The van der Waals surface area contributed by atoms with Crippen LogP contribution in [0.4, 0.5) is 0 Å². The number of ether oxygens (including phenoxy) is 2. The lowest BCUT2D eigenvalue weighted by atomic mass is 9.99. The molecule has 0 aromatic rings. The summed E-state index contributed by atoms with van der Waals surface area (Å²) in [5.41, 5.74) is 0. The molecule has 9 heteroatoms.